The van der Waals surface area contributed by atoms with Crippen molar-refractivity contribution in [1.29, 1.82) is 0 Å². The van der Waals surface area contributed by atoms with Crippen LogP contribution in [0.1, 0.15) is 64.4 Å². The Hall–Kier alpha value is -2.90. The first-order valence-corrected chi connectivity index (χ1v) is 13.4. The highest BCUT2D eigenvalue weighted by Crippen LogP contribution is 2.53. The zero-order valence-corrected chi connectivity index (χ0v) is 21.2. The molecule has 2 N–H and O–H groups in total. The van der Waals surface area contributed by atoms with Gasteiger partial charge in [0.15, 0.2) is 0 Å². The Kier molecular flexibility index (Phi) is 7.04. The topological polar surface area (TPSA) is 105 Å². The summed E-state index contributed by atoms with van der Waals surface area (Å²) in [5.41, 5.74) is 0.826. The van der Waals surface area contributed by atoms with E-state index in [1.165, 1.54) is 46.0 Å². The highest BCUT2D eigenvalue weighted by molar-refractivity contribution is 5.92. The van der Waals surface area contributed by atoms with E-state index in [1.807, 2.05) is 0 Å². The molecule has 8 heteroatoms. The van der Waals surface area contributed by atoms with Crippen LogP contribution < -0.4 is 15.4 Å². The Balaban J connectivity index is 1.25. The highest BCUT2D eigenvalue weighted by atomic mass is 16.5. The van der Waals surface area contributed by atoms with Gasteiger partial charge in [-0.3, -0.25) is 19.2 Å². The number of nitrogens with zero attached hydrogens (tertiary/aromatic N) is 1. The number of hydrogen-bond acceptors (Lipinski definition) is 5. The van der Waals surface area contributed by atoms with Gasteiger partial charge in [-0.1, -0.05) is 12.1 Å². The molecular weight excluding hydrogens is 458 g/mol. The molecular formula is C28H37N3O5. The fourth-order valence-corrected chi connectivity index (χ4v) is 7.47. The summed E-state index contributed by atoms with van der Waals surface area (Å²) in [7, 11) is 0. The lowest BCUT2D eigenvalue weighted by atomic mass is 9.54. The Morgan fingerprint density at radius 3 is 2.19 bits per heavy atom. The van der Waals surface area contributed by atoms with Crippen molar-refractivity contribution in [2.45, 2.75) is 83.3 Å². The number of nitrogens with one attached hydrogen (secondary N) is 2. The first-order chi connectivity index (χ1) is 17.3. The van der Waals surface area contributed by atoms with Gasteiger partial charge in [-0.15, -0.1) is 0 Å². The van der Waals surface area contributed by atoms with E-state index in [0.29, 0.717) is 37.0 Å². The summed E-state index contributed by atoms with van der Waals surface area (Å²) < 4.78 is 5.08. The van der Waals surface area contributed by atoms with E-state index in [4.69, 9.17) is 4.74 Å². The van der Waals surface area contributed by atoms with Crippen LogP contribution >= 0.6 is 0 Å². The second kappa shape index (κ2) is 10.2. The molecule has 4 bridgehead atoms. The van der Waals surface area contributed by atoms with Crippen LogP contribution in [0.25, 0.3) is 0 Å². The van der Waals surface area contributed by atoms with Crippen molar-refractivity contribution < 1.29 is 23.9 Å². The summed E-state index contributed by atoms with van der Waals surface area (Å²) in [5, 5.41) is 6.17. The number of carbonyl (C=O) groups is 4. The summed E-state index contributed by atoms with van der Waals surface area (Å²) in [5.74, 6) is 2.31. The molecule has 0 unspecified atom stereocenters. The average molecular weight is 496 g/mol. The van der Waals surface area contributed by atoms with Crippen LogP contribution in [0.4, 0.5) is 0 Å². The van der Waals surface area contributed by atoms with Crippen molar-refractivity contribution in [2.75, 3.05) is 6.54 Å². The number of carbonyl (C=O) groups excluding carboxylic acids is 4. The zero-order chi connectivity index (χ0) is 25.4. The molecule has 36 heavy (non-hydrogen) atoms. The molecule has 0 spiro atoms. The summed E-state index contributed by atoms with van der Waals surface area (Å²) in [6.07, 6.45) is 8.00. The van der Waals surface area contributed by atoms with Gasteiger partial charge in [0.1, 0.15) is 17.8 Å². The number of amides is 3. The molecule has 0 radical (unpaired) electrons. The molecule has 3 amide bonds. The van der Waals surface area contributed by atoms with Crippen LogP contribution in [-0.2, 0) is 25.6 Å². The largest absolute Gasteiger partial charge is 0.427 e. The Morgan fingerprint density at radius 2 is 1.61 bits per heavy atom. The fourth-order valence-electron chi connectivity index (χ4n) is 7.47. The minimum Gasteiger partial charge on any atom is -0.427 e. The Bertz CT molecular complexity index is 995. The molecule has 1 aromatic rings. The molecule has 2 atom stereocenters. The highest BCUT2D eigenvalue weighted by Gasteiger charge is 2.49. The van der Waals surface area contributed by atoms with Crippen molar-refractivity contribution in [3.8, 4) is 5.75 Å². The van der Waals surface area contributed by atoms with E-state index in [2.05, 4.69) is 10.6 Å². The number of hydrogen-bond donors (Lipinski definition) is 2. The number of likely N-dealkylation sites (tertiary alicyclic amines) is 1. The summed E-state index contributed by atoms with van der Waals surface area (Å²) in [4.78, 5) is 51.8. The lowest BCUT2D eigenvalue weighted by molar-refractivity contribution is -0.142. The lowest BCUT2D eigenvalue weighted by Gasteiger charge is -2.54. The number of benzene rings is 1. The van der Waals surface area contributed by atoms with Gasteiger partial charge in [0.2, 0.25) is 17.7 Å². The number of rotatable bonds is 7. The van der Waals surface area contributed by atoms with Crippen molar-refractivity contribution in [2.24, 2.45) is 23.7 Å². The van der Waals surface area contributed by atoms with E-state index >= 15 is 0 Å². The second-order valence-electron chi connectivity index (χ2n) is 11.3. The molecule has 1 aromatic carbocycles. The quantitative estimate of drug-likeness (QED) is 0.447. The average Bonchev–Trinajstić information content (AvgIpc) is 3.31. The molecule has 4 aliphatic carbocycles. The van der Waals surface area contributed by atoms with Gasteiger partial charge in [0.05, 0.1) is 0 Å². The fraction of sp³-hybridized carbons (Fsp3) is 0.643. The van der Waals surface area contributed by atoms with Crippen LogP contribution in [0.5, 0.6) is 5.75 Å². The van der Waals surface area contributed by atoms with Crippen LogP contribution in [-0.4, -0.2) is 53.3 Å². The molecule has 8 nitrogen and oxygen atoms in total. The predicted octanol–water partition coefficient (Wildman–Crippen LogP) is 2.59. The number of ether oxygens (including phenoxy) is 1. The lowest BCUT2D eigenvalue weighted by Crippen LogP contribution is -2.59. The van der Waals surface area contributed by atoms with Crippen molar-refractivity contribution in [3.05, 3.63) is 29.8 Å². The van der Waals surface area contributed by atoms with Crippen molar-refractivity contribution in [3.63, 3.8) is 0 Å². The van der Waals surface area contributed by atoms with Gasteiger partial charge in [-0.25, -0.2) is 0 Å². The summed E-state index contributed by atoms with van der Waals surface area (Å²) in [6.45, 7) is 3.25. The third-order valence-corrected chi connectivity index (χ3v) is 8.67. The summed E-state index contributed by atoms with van der Waals surface area (Å²) in [6, 6.07) is 5.88. The molecule has 194 valence electrons. The van der Waals surface area contributed by atoms with E-state index < -0.39 is 18.1 Å². The summed E-state index contributed by atoms with van der Waals surface area (Å²) >= 11 is 0. The minimum absolute atomic E-state index is 0.0365. The zero-order valence-electron chi connectivity index (χ0n) is 21.2. The van der Waals surface area contributed by atoms with Gasteiger partial charge in [0.25, 0.3) is 0 Å². The molecule has 1 heterocycles. The minimum atomic E-state index is -0.767. The smallest absolute Gasteiger partial charge is 0.308 e. The van der Waals surface area contributed by atoms with E-state index in [0.717, 1.165) is 23.8 Å². The first kappa shape index (κ1) is 24.8. The van der Waals surface area contributed by atoms with Crippen LogP contribution in [0.2, 0.25) is 0 Å². The van der Waals surface area contributed by atoms with E-state index in [-0.39, 0.29) is 23.8 Å². The Morgan fingerprint density at radius 1 is 0.972 bits per heavy atom. The molecule has 5 aliphatic rings. The van der Waals surface area contributed by atoms with Gasteiger partial charge in [0, 0.05) is 32.9 Å². The number of esters is 1. The Labute approximate surface area is 212 Å². The van der Waals surface area contributed by atoms with Gasteiger partial charge in [-0.05, 0) is 86.3 Å². The molecule has 4 saturated carbocycles. The monoisotopic (exact) mass is 495 g/mol. The maximum absolute atomic E-state index is 13.6. The maximum Gasteiger partial charge on any atom is 0.308 e. The van der Waals surface area contributed by atoms with Gasteiger partial charge in [-0.2, -0.15) is 0 Å². The molecule has 1 saturated heterocycles. The predicted molar refractivity (Wildman–Crippen MR) is 133 cm³/mol. The molecule has 1 aliphatic heterocycles. The molecule has 0 aromatic heterocycles. The van der Waals surface area contributed by atoms with Crippen molar-refractivity contribution in [1.82, 2.24) is 15.5 Å². The SMILES string of the molecule is CC(=O)N[C@@H](Cc1ccc(OC(C)=O)cc1)C(=O)N1CCC[C@H]1C(=O)NC1C2CC3CC(C2)CC1C3. The van der Waals surface area contributed by atoms with Crippen molar-refractivity contribution >= 4 is 23.7 Å². The third-order valence-electron chi connectivity index (χ3n) is 8.67. The van der Waals surface area contributed by atoms with Gasteiger partial charge < -0.3 is 20.3 Å². The second-order valence-corrected chi connectivity index (χ2v) is 11.3. The van der Waals surface area contributed by atoms with Gasteiger partial charge >= 0.3 is 5.97 Å². The molecule has 6 rings (SSSR count). The maximum atomic E-state index is 13.6. The molecule has 5 fully saturated rings. The first-order valence-electron chi connectivity index (χ1n) is 13.4. The van der Waals surface area contributed by atoms with E-state index in [1.54, 1.807) is 29.2 Å². The van der Waals surface area contributed by atoms with Crippen LogP contribution in [0, 0.1) is 23.7 Å². The third kappa shape index (κ3) is 5.27. The van der Waals surface area contributed by atoms with Crippen LogP contribution in [0.3, 0.4) is 0 Å². The standard InChI is InChI=1S/C28H37N3O5/c1-16(32)29-24(15-18-5-7-23(8-6-18)36-17(2)33)28(35)31-9-3-4-25(31)27(34)30-26-21-11-19-10-20(13-21)14-22(26)12-19/h5-8,19-22,24-26H,3-4,9-15H2,1-2H3,(H,29,32)(H,30,34)/t19?,20?,21?,22?,24-,25-,26?/m0/s1. The normalized spacial score (nSPS) is 31.1. The van der Waals surface area contributed by atoms with Crippen LogP contribution in [0.15, 0.2) is 24.3 Å². The van der Waals surface area contributed by atoms with E-state index in [9.17, 15) is 19.2 Å².